The molecule has 1 aromatic heterocycles. The van der Waals surface area contributed by atoms with Gasteiger partial charge in [0.2, 0.25) is 0 Å². The van der Waals surface area contributed by atoms with Crippen molar-refractivity contribution in [2.45, 2.75) is 19.4 Å². The Morgan fingerprint density at radius 3 is 2.95 bits per heavy atom. The molecule has 1 aromatic rings. The first kappa shape index (κ1) is 13.5. The maximum Gasteiger partial charge on any atom is 0.276 e. The summed E-state index contributed by atoms with van der Waals surface area (Å²) in [5.41, 5.74) is 5.59. The Bertz CT molecular complexity index is 480. The normalized spacial score (nSPS) is 23.4. The minimum Gasteiger partial charge on any atom is -0.383 e. The van der Waals surface area contributed by atoms with Crippen molar-refractivity contribution in [3.8, 4) is 0 Å². The molecule has 2 atom stereocenters. The summed E-state index contributed by atoms with van der Waals surface area (Å²) in [5, 5.41) is 10.8. The molecule has 104 valence electrons. The Morgan fingerprint density at radius 2 is 2.32 bits per heavy atom. The fraction of sp³-hybridized carbons (Fsp3) is 0.583. The van der Waals surface area contributed by atoms with Crippen LogP contribution in [0.3, 0.4) is 0 Å². The van der Waals surface area contributed by atoms with Crippen LogP contribution in [0.25, 0.3) is 0 Å². The monoisotopic (exact) mass is 266 g/mol. The number of piperidine rings is 1. The van der Waals surface area contributed by atoms with E-state index in [2.05, 4.69) is 11.9 Å². The van der Waals surface area contributed by atoms with Gasteiger partial charge in [0, 0.05) is 20.2 Å². The van der Waals surface area contributed by atoms with Crippen LogP contribution < -0.4 is 10.6 Å². The molecule has 0 spiro atoms. The number of nitrogens with zero attached hydrogens (tertiary/aromatic N) is 3. The van der Waals surface area contributed by atoms with Gasteiger partial charge < -0.3 is 15.4 Å². The molecule has 2 unspecified atom stereocenters. The molecule has 2 rings (SSSR count). The first-order valence-electron chi connectivity index (χ1n) is 6.21. The second-order valence-corrected chi connectivity index (χ2v) is 4.85. The minimum atomic E-state index is -0.456. The van der Waals surface area contributed by atoms with Crippen molar-refractivity contribution < 1.29 is 9.66 Å². The molecule has 0 aliphatic carbocycles. The summed E-state index contributed by atoms with van der Waals surface area (Å²) in [4.78, 5) is 16.5. The second-order valence-electron chi connectivity index (χ2n) is 4.85. The van der Waals surface area contributed by atoms with Crippen molar-refractivity contribution >= 4 is 17.3 Å². The number of hydrogen-bond donors (Lipinski definition) is 1. The van der Waals surface area contributed by atoms with E-state index in [-0.39, 0.29) is 17.6 Å². The zero-order chi connectivity index (χ0) is 14.0. The molecule has 7 heteroatoms. The third-order valence-electron chi connectivity index (χ3n) is 3.54. The van der Waals surface area contributed by atoms with Gasteiger partial charge >= 0.3 is 0 Å². The van der Waals surface area contributed by atoms with Crippen molar-refractivity contribution in [1.82, 2.24) is 4.98 Å². The molecule has 2 heterocycles. The summed E-state index contributed by atoms with van der Waals surface area (Å²) in [7, 11) is 1.68. The van der Waals surface area contributed by atoms with Crippen molar-refractivity contribution in [2.24, 2.45) is 5.92 Å². The van der Waals surface area contributed by atoms with Crippen LogP contribution in [-0.2, 0) is 4.74 Å². The highest BCUT2D eigenvalue weighted by Gasteiger charge is 2.27. The van der Waals surface area contributed by atoms with Gasteiger partial charge in [0.05, 0.1) is 23.2 Å². The highest BCUT2D eigenvalue weighted by atomic mass is 16.6. The number of nitrogens with two attached hydrogens (primary N) is 1. The van der Waals surface area contributed by atoms with E-state index >= 15 is 0 Å². The van der Waals surface area contributed by atoms with Gasteiger partial charge in [0.25, 0.3) is 5.69 Å². The van der Waals surface area contributed by atoms with E-state index < -0.39 is 4.92 Å². The summed E-state index contributed by atoms with van der Waals surface area (Å²) >= 11 is 0. The van der Waals surface area contributed by atoms with Gasteiger partial charge in [-0.25, -0.2) is 4.98 Å². The number of rotatable bonds is 3. The Labute approximate surface area is 111 Å². The molecule has 7 nitrogen and oxygen atoms in total. The number of nitro groups is 1. The molecule has 1 saturated heterocycles. The van der Waals surface area contributed by atoms with Gasteiger partial charge in [-0.3, -0.25) is 10.1 Å². The molecule has 19 heavy (non-hydrogen) atoms. The third kappa shape index (κ3) is 2.93. The van der Waals surface area contributed by atoms with E-state index in [9.17, 15) is 10.1 Å². The fourth-order valence-electron chi connectivity index (χ4n) is 2.34. The van der Waals surface area contributed by atoms with Crippen molar-refractivity contribution in [2.75, 3.05) is 30.8 Å². The standard InChI is InChI=1S/C12H18N4O3/c1-8-3-4-15(7-10(8)19-2)12-6-9(16(17)18)5-11(13)14-12/h5-6,8,10H,3-4,7H2,1-2H3,(H2,13,14). The lowest BCUT2D eigenvalue weighted by atomic mass is 9.96. The highest BCUT2D eigenvalue weighted by molar-refractivity contribution is 5.54. The fourth-order valence-corrected chi connectivity index (χ4v) is 2.34. The number of anilines is 2. The van der Waals surface area contributed by atoms with Crippen LogP contribution in [0.15, 0.2) is 12.1 Å². The molecule has 2 N–H and O–H groups in total. The topological polar surface area (TPSA) is 94.5 Å². The number of aromatic nitrogens is 1. The van der Waals surface area contributed by atoms with Gasteiger partial charge in [0.1, 0.15) is 11.6 Å². The average molecular weight is 266 g/mol. The van der Waals surface area contributed by atoms with Crippen LogP contribution >= 0.6 is 0 Å². The molecule has 0 radical (unpaired) electrons. The maximum absolute atomic E-state index is 10.8. The molecular formula is C12H18N4O3. The smallest absolute Gasteiger partial charge is 0.276 e. The third-order valence-corrected chi connectivity index (χ3v) is 3.54. The van der Waals surface area contributed by atoms with Gasteiger partial charge in [-0.15, -0.1) is 0 Å². The van der Waals surface area contributed by atoms with Gasteiger partial charge in [-0.05, 0) is 12.3 Å². The largest absolute Gasteiger partial charge is 0.383 e. The maximum atomic E-state index is 10.8. The lowest BCUT2D eigenvalue weighted by Gasteiger charge is -2.36. The van der Waals surface area contributed by atoms with E-state index in [4.69, 9.17) is 10.5 Å². The summed E-state index contributed by atoms with van der Waals surface area (Å²) in [5.74, 6) is 1.18. The second kappa shape index (κ2) is 5.40. The average Bonchev–Trinajstić information content (AvgIpc) is 2.38. The number of ether oxygens (including phenoxy) is 1. The molecule has 0 aromatic carbocycles. The molecule has 1 fully saturated rings. The van der Waals surface area contributed by atoms with E-state index in [1.165, 1.54) is 12.1 Å². The van der Waals surface area contributed by atoms with Crippen molar-refractivity contribution in [3.63, 3.8) is 0 Å². The van der Waals surface area contributed by atoms with E-state index in [0.29, 0.717) is 18.3 Å². The molecule has 0 bridgehead atoms. The summed E-state index contributed by atoms with van der Waals surface area (Å²) < 4.78 is 5.43. The number of nitrogen functional groups attached to an aromatic ring is 1. The summed E-state index contributed by atoms with van der Waals surface area (Å²) in [6.45, 7) is 3.61. The van der Waals surface area contributed by atoms with E-state index in [1.54, 1.807) is 7.11 Å². The molecule has 1 aliphatic rings. The predicted molar refractivity (Wildman–Crippen MR) is 72.1 cm³/mol. The quantitative estimate of drug-likeness (QED) is 0.657. The van der Waals surface area contributed by atoms with Crippen LogP contribution in [-0.4, -0.2) is 36.2 Å². The molecule has 0 saturated carbocycles. The van der Waals surface area contributed by atoms with Gasteiger partial charge in [-0.1, -0.05) is 6.92 Å². The lowest BCUT2D eigenvalue weighted by molar-refractivity contribution is -0.384. The molecule has 0 amide bonds. The van der Waals surface area contributed by atoms with Crippen LogP contribution in [0.4, 0.5) is 17.3 Å². The van der Waals surface area contributed by atoms with Crippen LogP contribution in [0, 0.1) is 16.0 Å². The zero-order valence-electron chi connectivity index (χ0n) is 11.1. The minimum absolute atomic E-state index is 0.0323. The highest BCUT2D eigenvalue weighted by Crippen LogP contribution is 2.27. The summed E-state index contributed by atoms with van der Waals surface area (Å²) in [6, 6.07) is 2.73. The van der Waals surface area contributed by atoms with Crippen LogP contribution in [0.1, 0.15) is 13.3 Å². The lowest BCUT2D eigenvalue weighted by Crippen LogP contribution is -2.44. The van der Waals surface area contributed by atoms with Crippen LogP contribution in [0.2, 0.25) is 0 Å². The number of methoxy groups -OCH3 is 1. The Kier molecular flexibility index (Phi) is 3.84. The first-order valence-corrected chi connectivity index (χ1v) is 6.21. The Balaban J connectivity index is 2.24. The Morgan fingerprint density at radius 1 is 1.58 bits per heavy atom. The number of hydrogen-bond acceptors (Lipinski definition) is 6. The van der Waals surface area contributed by atoms with Gasteiger partial charge in [-0.2, -0.15) is 0 Å². The van der Waals surface area contributed by atoms with E-state index in [0.717, 1.165) is 13.0 Å². The molecular weight excluding hydrogens is 248 g/mol. The first-order chi connectivity index (χ1) is 9.01. The van der Waals surface area contributed by atoms with Gasteiger partial charge in [0.15, 0.2) is 0 Å². The SMILES string of the molecule is COC1CN(c2cc([N+](=O)[O-])cc(N)n2)CCC1C. The Hall–Kier alpha value is -1.89. The van der Waals surface area contributed by atoms with Crippen LogP contribution in [0.5, 0.6) is 0 Å². The van der Waals surface area contributed by atoms with E-state index in [1.807, 2.05) is 4.90 Å². The summed E-state index contributed by atoms with van der Waals surface area (Å²) in [6.07, 6.45) is 1.07. The predicted octanol–water partition coefficient (Wildman–Crippen LogP) is 1.43. The number of pyridine rings is 1. The van der Waals surface area contributed by atoms with Crippen molar-refractivity contribution in [1.29, 1.82) is 0 Å². The molecule has 1 aliphatic heterocycles. The van der Waals surface area contributed by atoms with Crippen molar-refractivity contribution in [3.05, 3.63) is 22.2 Å². The zero-order valence-corrected chi connectivity index (χ0v) is 11.1.